The molecule has 0 spiro atoms. The van der Waals surface area contributed by atoms with Gasteiger partial charge in [0.1, 0.15) is 10.5 Å². The van der Waals surface area contributed by atoms with Gasteiger partial charge in [-0.15, -0.1) is 0 Å². The molecule has 0 atom stereocenters. The lowest BCUT2D eigenvalue weighted by molar-refractivity contribution is 0.973. The zero-order valence-corrected chi connectivity index (χ0v) is 11.5. The molecule has 1 heterocycles. The minimum Gasteiger partial charge on any atom is -0.342 e. The van der Waals surface area contributed by atoms with Gasteiger partial charge in [0.2, 0.25) is 0 Å². The highest BCUT2D eigenvalue weighted by atomic mass is 79.9. The summed E-state index contributed by atoms with van der Waals surface area (Å²) in [6.45, 7) is 0. The molecule has 2 nitrogen and oxygen atoms in total. The molecule has 1 aromatic heterocycles. The van der Waals surface area contributed by atoms with Gasteiger partial charge in [-0.05, 0) is 28.8 Å². The summed E-state index contributed by atoms with van der Waals surface area (Å²) >= 11 is 8.83. The number of aromatic amines is 1. The Kier molecular flexibility index (Phi) is 2.84. The molecule has 1 saturated carbocycles. The lowest BCUT2D eigenvalue weighted by Crippen LogP contribution is -1.97. The molecule has 4 heteroatoms. The molecule has 0 aliphatic heterocycles. The Labute approximate surface area is 113 Å². The first-order valence-electron chi connectivity index (χ1n) is 5.61. The standard InChI is InChI=1S/C13H11BrN2S/c14-10-11(8-6-7-8)15-12(16-13(10)17)9-4-2-1-3-5-9/h1-5,8H,6-7H2,(H,15,16,17). The van der Waals surface area contributed by atoms with Crippen LogP contribution in [0.15, 0.2) is 34.8 Å². The molecule has 1 fully saturated rings. The van der Waals surface area contributed by atoms with Crippen LogP contribution >= 0.6 is 28.1 Å². The summed E-state index contributed by atoms with van der Waals surface area (Å²) in [5.41, 5.74) is 2.27. The smallest absolute Gasteiger partial charge is 0.144 e. The van der Waals surface area contributed by atoms with E-state index in [4.69, 9.17) is 12.2 Å². The molecule has 1 aromatic carbocycles. The van der Waals surface area contributed by atoms with E-state index in [9.17, 15) is 0 Å². The van der Waals surface area contributed by atoms with Crippen LogP contribution in [0, 0.1) is 4.64 Å². The maximum absolute atomic E-state index is 5.30. The third kappa shape index (κ3) is 2.19. The fourth-order valence-corrected chi connectivity index (χ4v) is 2.58. The minimum atomic E-state index is 0.622. The van der Waals surface area contributed by atoms with E-state index in [0.717, 1.165) is 15.9 Å². The van der Waals surface area contributed by atoms with Gasteiger partial charge in [0, 0.05) is 17.2 Å². The van der Waals surface area contributed by atoms with E-state index in [2.05, 4.69) is 25.9 Å². The molecule has 2 aromatic rings. The van der Waals surface area contributed by atoms with Gasteiger partial charge in [-0.2, -0.15) is 0 Å². The zero-order valence-electron chi connectivity index (χ0n) is 9.11. The Morgan fingerprint density at radius 3 is 2.59 bits per heavy atom. The molecule has 0 saturated heterocycles. The fourth-order valence-electron chi connectivity index (χ4n) is 1.86. The summed E-state index contributed by atoms with van der Waals surface area (Å²) in [5.74, 6) is 1.48. The molecule has 3 rings (SSSR count). The van der Waals surface area contributed by atoms with Crippen LogP contribution in [0.4, 0.5) is 0 Å². The quantitative estimate of drug-likeness (QED) is 0.831. The molecule has 0 unspecified atom stereocenters. The number of hydrogen-bond acceptors (Lipinski definition) is 2. The van der Waals surface area contributed by atoms with Gasteiger partial charge < -0.3 is 4.98 Å². The van der Waals surface area contributed by atoms with Gasteiger partial charge in [-0.1, -0.05) is 42.5 Å². The van der Waals surface area contributed by atoms with Crippen molar-refractivity contribution in [2.24, 2.45) is 0 Å². The van der Waals surface area contributed by atoms with Crippen LogP contribution < -0.4 is 0 Å². The normalized spacial score (nSPS) is 14.9. The number of hydrogen-bond donors (Lipinski definition) is 1. The summed E-state index contributed by atoms with van der Waals surface area (Å²) in [6.07, 6.45) is 2.48. The van der Waals surface area contributed by atoms with Crippen molar-refractivity contribution in [2.75, 3.05) is 0 Å². The third-order valence-electron chi connectivity index (χ3n) is 2.92. The number of halogens is 1. The van der Waals surface area contributed by atoms with E-state index < -0.39 is 0 Å². The van der Waals surface area contributed by atoms with E-state index in [0.29, 0.717) is 10.6 Å². The third-order valence-corrected chi connectivity index (χ3v) is 4.28. The van der Waals surface area contributed by atoms with Gasteiger partial charge in [0.05, 0.1) is 4.47 Å². The predicted octanol–water partition coefficient (Wildman–Crippen LogP) is 4.45. The first-order chi connectivity index (χ1) is 8.25. The molecular weight excluding hydrogens is 296 g/mol. The maximum Gasteiger partial charge on any atom is 0.144 e. The second-order valence-corrected chi connectivity index (χ2v) is 5.44. The van der Waals surface area contributed by atoms with Crippen LogP contribution in [-0.2, 0) is 0 Å². The highest BCUT2D eigenvalue weighted by Crippen LogP contribution is 2.42. The summed E-state index contributed by atoms with van der Waals surface area (Å²) in [6, 6.07) is 10.1. The SMILES string of the molecule is S=c1nc(-c2ccccc2)[nH]c(C2CC2)c1Br. The number of nitrogens with zero attached hydrogens (tertiary/aromatic N) is 1. The summed E-state index contributed by atoms with van der Waals surface area (Å²) in [7, 11) is 0. The van der Waals surface area contributed by atoms with Gasteiger partial charge in [0.15, 0.2) is 0 Å². The molecule has 0 bridgehead atoms. The summed E-state index contributed by atoms with van der Waals surface area (Å²) in [4.78, 5) is 7.83. The predicted molar refractivity (Wildman–Crippen MR) is 74.5 cm³/mol. The van der Waals surface area contributed by atoms with E-state index in [-0.39, 0.29) is 0 Å². The van der Waals surface area contributed by atoms with Crippen LogP contribution in [0.2, 0.25) is 0 Å². The van der Waals surface area contributed by atoms with Crippen LogP contribution in [0.1, 0.15) is 24.5 Å². The van der Waals surface area contributed by atoms with E-state index in [1.165, 1.54) is 18.5 Å². The lowest BCUT2D eigenvalue weighted by atomic mass is 10.2. The highest BCUT2D eigenvalue weighted by molar-refractivity contribution is 9.10. The highest BCUT2D eigenvalue weighted by Gasteiger charge is 2.27. The van der Waals surface area contributed by atoms with E-state index in [1.807, 2.05) is 30.3 Å². The van der Waals surface area contributed by atoms with Crippen molar-refractivity contribution in [3.63, 3.8) is 0 Å². The Balaban J connectivity index is 2.15. The molecule has 0 amide bonds. The lowest BCUT2D eigenvalue weighted by Gasteiger charge is -2.07. The Morgan fingerprint density at radius 1 is 1.24 bits per heavy atom. The molecule has 1 aliphatic rings. The molecule has 1 N–H and O–H groups in total. The first-order valence-corrected chi connectivity index (χ1v) is 6.81. The maximum atomic E-state index is 5.30. The number of benzene rings is 1. The van der Waals surface area contributed by atoms with Crippen molar-refractivity contribution >= 4 is 28.1 Å². The van der Waals surface area contributed by atoms with Crippen molar-refractivity contribution < 1.29 is 0 Å². The number of H-pyrrole nitrogens is 1. The Hall–Kier alpha value is -1.00. The van der Waals surface area contributed by atoms with Crippen LogP contribution in [0.25, 0.3) is 11.4 Å². The van der Waals surface area contributed by atoms with E-state index >= 15 is 0 Å². The van der Waals surface area contributed by atoms with Crippen molar-refractivity contribution in [1.82, 2.24) is 9.97 Å². The van der Waals surface area contributed by atoms with Crippen LogP contribution in [0.5, 0.6) is 0 Å². The minimum absolute atomic E-state index is 0.622. The average molecular weight is 307 g/mol. The fraction of sp³-hybridized carbons (Fsp3) is 0.231. The molecule has 86 valence electrons. The monoisotopic (exact) mass is 306 g/mol. The summed E-state index contributed by atoms with van der Waals surface area (Å²) < 4.78 is 1.60. The second-order valence-electron chi connectivity index (χ2n) is 4.26. The Bertz CT molecular complexity index is 603. The number of nitrogens with one attached hydrogen (secondary N) is 1. The number of rotatable bonds is 2. The van der Waals surface area contributed by atoms with Crippen LogP contribution in [0.3, 0.4) is 0 Å². The zero-order chi connectivity index (χ0) is 11.8. The topological polar surface area (TPSA) is 28.7 Å². The molecule has 1 aliphatic carbocycles. The van der Waals surface area contributed by atoms with Crippen molar-refractivity contribution in [1.29, 1.82) is 0 Å². The van der Waals surface area contributed by atoms with E-state index in [1.54, 1.807) is 0 Å². The summed E-state index contributed by atoms with van der Waals surface area (Å²) in [5, 5.41) is 0. The first kappa shape index (κ1) is 11.1. The largest absolute Gasteiger partial charge is 0.342 e. The van der Waals surface area contributed by atoms with Crippen molar-refractivity contribution in [3.05, 3.63) is 45.1 Å². The van der Waals surface area contributed by atoms with Crippen molar-refractivity contribution in [3.8, 4) is 11.4 Å². The number of aromatic nitrogens is 2. The molecule has 17 heavy (non-hydrogen) atoms. The second kappa shape index (κ2) is 4.35. The Morgan fingerprint density at radius 2 is 1.94 bits per heavy atom. The van der Waals surface area contributed by atoms with Crippen molar-refractivity contribution in [2.45, 2.75) is 18.8 Å². The molecular formula is C13H11BrN2S. The molecule has 0 radical (unpaired) electrons. The average Bonchev–Trinajstić information content (AvgIpc) is 3.18. The van der Waals surface area contributed by atoms with Gasteiger partial charge in [-0.25, -0.2) is 4.98 Å². The van der Waals surface area contributed by atoms with Gasteiger partial charge in [-0.3, -0.25) is 0 Å². The van der Waals surface area contributed by atoms with Gasteiger partial charge >= 0.3 is 0 Å². The van der Waals surface area contributed by atoms with Crippen LogP contribution in [-0.4, -0.2) is 9.97 Å². The van der Waals surface area contributed by atoms with Gasteiger partial charge in [0.25, 0.3) is 0 Å².